The number of ether oxygens (including phenoxy) is 1. The lowest BCUT2D eigenvalue weighted by Gasteiger charge is -2.40. The molecule has 0 bridgehead atoms. The summed E-state index contributed by atoms with van der Waals surface area (Å²) in [5.74, 6) is 8.33. The number of benzene rings is 5. The molecule has 8 heteroatoms. The number of rotatable bonds is 3. The van der Waals surface area contributed by atoms with Gasteiger partial charge in [0, 0.05) is 28.7 Å². The highest BCUT2D eigenvalue weighted by molar-refractivity contribution is 7.11. The van der Waals surface area contributed by atoms with Crippen LogP contribution in [0, 0.1) is 11.8 Å². The first-order valence-electron chi connectivity index (χ1n) is 18.4. The van der Waals surface area contributed by atoms with Gasteiger partial charge in [-0.3, -0.25) is 0 Å². The third-order valence-corrected chi connectivity index (χ3v) is 12.6. The Morgan fingerprint density at radius 2 is 1.08 bits per heavy atom. The van der Waals surface area contributed by atoms with Crippen molar-refractivity contribution in [3.63, 3.8) is 0 Å². The van der Waals surface area contributed by atoms with Crippen LogP contribution in [0.15, 0.2) is 109 Å². The van der Waals surface area contributed by atoms with Crippen LogP contribution in [0.3, 0.4) is 0 Å². The molecule has 3 heterocycles. The van der Waals surface area contributed by atoms with E-state index in [0.717, 1.165) is 33.6 Å². The van der Waals surface area contributed by atoms with Gasteiger partial charge >= 0.3 is 14.0 Å². The van der Waals surface area contributed by atoms with Crippen molar-refractivity contribution in [1.29, 1.82) is 0 Å². The molecule has 5 nitrogen and oxygen atoms in total. The molecule has 3 aliphatic heterocycles. The van der Waals surface area contributed by atoms with Gasteiger partial charge in [0.1, 0.15) is 5.75 Å². The van der Waals surface area contributed by atoms with Crippen molar-refractivity contribution in [2.75, 3.05) is 0 Å². The molecule has 1 unspecified atom stereocenters. The summed E-state index contributed by atoms with van der Waals surface area (Å²) in [6, 6.07) is 38.3. The van der Waals surface area contributed by atoms with E-state index in [4.69, 9.17) is 35.0 Å². The van der Waals surface area contributed by atoms with E-state index in [-0.39, 0.29) is 0 Å². The number of hydrogen-bond donors (Lipinski definition) is 0. The van der Waals surface area contributed by atoms with Crippen LogP contribution >= 0.6 is 11.6 Å². The van der Waals surface area contributed by atoms with E-state index >= 15 is 0 Å². The van der Waals surface area contributed by atoms with Gasteiger partial charge in [-0.1, -0.05) is 114 Å². The first-order valence-corrected chi connectivity index (χ1v) is 18.7. The number of halogens is 1. The molecular weight excluding hydrogens is 678 g/mol. The summed E-state index contributed by atoms with van der Waals surface area (Å²) in [4.78, 5) is 0. The van der Waals surface area contributed by atoms with Gasteiger partial charge in [-0.25, -0.2) is 0 Å². The second kappa shape index (κ2) is 11.9. The van der Waals surface area contributed by atoms with Gasteiger partial charge in [-0.05, 0) is 94.5 Å². The molecule has 1 spiro atoms. The minimum Gasteiger partial charge on any atom is -0.454 e. The molecule has 0 aromatic heterocycles. The predicted molar refractivity (Wildman–Crippen MR) is 212 cm³/mol. The van der Waals surface area contributed by atoms with Gasteiger partial charge in [0.15, 0.2) is 5.75 Å². The summed E-state index contributed by atoms with van der Waals surface area (Å²) in [5.41, 5.74) is 7.02. The fourth-order valence-corrected chi connectivity index (χ4v) is 8.64. The third kappa shape index (κ3) is 5.04. The quantitative estimate of drug-likeness (QED) is 0.134. The molecule has 1 aliphatic carbocycles. The monoisotopic (exact) mass is 718 g/mol. The summed E-state index contributed by atoms with van der Waals surface area (Å²) >= 11 is 6.98. The minimum atomic E-state index is -0.687. The van der Waals surface area contributed by atoms with Gasteiger partial charge < -0.3 is 23.4 Å². The second-order valence-electron chi connectivity index (χ2n) is 16.3. The largest absolute Gasteiger partial charge is 0.489 e. The van der Waals surface area contributed by atoms with Crippen molar-refractivity contribution in [3.05, 3.63) is 142 Å². The SMILES string of the molecule is CC1(C)OB(B2OC(C)(C)C(C)(CC#Cc3cccc(-c4cccc5c4Oc4c(Cl)cccc4C54c5ccccc5-c5ccccc54)c3)O2)OC1(C)C. The summed E-state index contributed by atoms with van der Waals surface area (Å²) in [5, 5.41) is 0.582. The normalized spacial score (nSPS) is 22.0. The lowest BCUT2D eigenvalue weighted by molar-refractivity contribution is -0.00512. The Bertz CT molecular complexity index is 2310. The topological polar surface area (TPSA) is 46.2 Å². The molecule has 5 aromatic carbocycles. The van der Waals surface area contributed by atoms with Gasteiger partial charge in [-0.15, -0.1) is 0 Å². The molecule has 0 radical (unpaired) electrons. The average molecular weight is 719 g/mol. The Hall–Kier alpha value is -4.28. The van der Waals surface area contributed by atoms with Crippen LogP contribution in [-0.4, -0.2) is 36.4 Å². The molecule has 9 rings (SSSR count). The van der Waals surface area contributed by atoms with E-state index in [9.17, 15) is 0 Å². The number of para-hydroxylation sites is 2. The Morgan fingerprint density at radius 3 is 1.75 bits per heavy atom. The summed E-state index contributed by atoms with van der Waals surface area (Å²) in [6.45, 7) is 14.2. The third-order valence-electron chi connectivity index (χ3n) is 12.3. The van der Waals surface area contributed by atoms with Crippen molar-refractivity contribution < 1.29 is 23.4 Å². The van der Waals surface area contributed by atoms with E-state index in [0.29, 0.717) is 17.2 Å². The highest BCUT2D eigenvalue weighted by Crippen LogP contribution is 2.64. The Morgan fingerprint density at radius 1 is 0.547 bits per heavy atom. The van der Waals surface area contributed by atoms with Crippen molar-refractivity contribution in [3.8, 4) is 45.6 Å². The maximum atomic E-state index is 6.98. The van der Waals surface area contributed by atoms with E-state index in [1.807, 2.05) is 65.8 Å². The first kappa shape index (κ1) is 34.5. The molecule has 0 amide bonds. The smallest absolute Gasteiger partial charge is 0.454 e. The molecule has 264 valence electrons. The Balaban J connectivity index is 1.08. The fraction of sp³-hybridized carbons (Fsp3) is 0.289. The fourth-order valence-electron chi connectivity index (χ4n) is 8.42. The lowest BCUT2D eigenvalue weighted by Crippen LogP contribution is -2.44. The summed E-state index contributed by atoms with van der Waals surface area (Å²) in [6.07, 6.45) is 0.459. The standard InChI is InChI=1S/C45H41B2ClO5/c1-41(2)42(3,4)51-46(50-41)47-52-43(5,6)44(7,53-47)27-15-17-29-16-12-18-30(28-29)31-21-13-24-36-39(31)49-40-37(25-14-26-38(40)48)45(36)34-22-10-8-19-32(34)33-20-9-11-23-35(33)45/h8-14,16,18-26,28H,27H2,1-7H3. The van der Waals surface area contributed by atoms with Crippen molar-refractivity contribution in [2.24, 2.45) is 0 Å². The van der Waals surface area contributed by atoms with Crippen LogP contribution in [0.4, 0.5) is 0 Å². The highest BCUT2D eigenvalue weighted by atomic mass is 35.5. The first-order chi connectivity index (χ1) is 25.3. The summed E-state index contributed by atoms with van der Waals surface area (Å²) in [7, 11) is -1.29. The highest BCUT2D eigenvalue weighted by Gasteiger charge is 2.64. The van der Waals surface area contributed by atoms with E-state index in [2.05, 4.69) is 104 Å². The van der Waals surface area contributed by atoms with Gasteiger partial charge in [0.2, 0.25) is 0 Å². The molecule has 2 saturated heterocycles. The van der Waals surface area contributed by atoms with Gasteiger partial charge in [0.25, 0.3) is 0 Å². The number of hydrogen-bond acceptors (Lipinski definition) is 5. The van der Waals surface area contributed by atoms with Gasteiger partial charge in [0.05, 0.1) is 32.8 Å². The lowest BCUT2D eigenvalue weighted by atomic mass is 9.49. The zero-order valence-corrected chi connectivity index (χ0v) is 31.9. The predicted octanol–water partition coefficient (Wildman–Crippen LogP) is 10.5. The van der Waals surface area contributed by atoms with Crippen molar-refractivity contribution >= 4 is 25.6 Å². The van der Waals surface area contributed by atoms with Crippen LogP contribution in [0.5, 0.6) is 11.5 Å². The van der Waals surface area contributed by atoms with Crippen LogP contribution in [-0.2, 0) is 24.0 Å². The second-order valence-corrected chi connectivity index (χ2v) is 16.7. The molecule has 5 aromatic rings. The molecule has 2 fully saturated rings. The Labute approximate surface area is 318 Å². The van der Waals surface area contributed by atoms with Crippen LogP contribution < -0.4 is 4.74 Å². The molecule has 1 atom stereocenters. The molecule has 53 heavy (non-hydrogen) atoms. The van der Waals surface area contributed by atoms with Crippen molar-refractivity contribution in [1.82, 2.24) is 0 Å². The zero-order valence-electron chi connectivity index (χ0n) is 31.2. The maximum absolute atomic E-state index is 6.98. The van der Waals surface area contributed by atoms with Crippen LogP contribution in [0.2, 0.25) is 5.02 Å². The zero-order chi connectivity index (χ0) is 37.0. The van der Waals surface area contributed by atoms with Crippen LogP contribution in [0.1, 0.15) is 82.7 Å². The molecular formula is C45H41B2ClO5. The molecule has 0 saturated carbocycles. The van der Waals surface area contributed by atoms with E-state index in [1.54, 1.807) is 0 Å². The van der Waals surface area contributed by atoms with E-state index < -0.39 is 41.8 Å². The maximum Gasteiger partial charge on any atom is 0.489 e. The van der Waals surface area contributed by atoms with Crippen LogP contribution in [0.25, 0.3) is 22.3 Å². The molecule has 4 aliphatic rings. The molecule has 0 N–H and O–H groups in total. The number of fused-ring (bicyclic) bond motifs is 9. The van der Waals surface area contributed by atoms with Crippen molar-refractivity contribution in [2.45, 2.75) is 82.7 Å². The Kier molecular flexibility index (Phi) is 7.72. The van der Waals surface area contributed by atoms with E-state index in [1.165, 1.54) is 22.3 Å². The summed E-state index contributed by atoms with van der Waals surface area (Å²) < 4.78 is 32.4. The average Bonchev–Trinajstić information content (AvgIpc) is 3.65. The minimum absolute atomic E-state index is 0.459. The van der Waals surface area contributed by atoms with Gasteiger partial charge in [-0.2, -0.15) is 0 Å².